The zero-order valence-electron chi connectivity index (χ0n) is 9.88. The van der Waals surface area contributed by atoms with Crippen molar-refractivity contribution < 1.29 is 4.42 Å². The lowest BCUT2D eigenvalue weighted by molar-refractivity contribution is 0.434. The molecule has 0 aliphatic rings. The van der Waals surface area contributed by atoms with Gasteiger partial charge in [0.2, 0.25) is 0 Å². The lowest BCUT2D eigenvalue weighted by atomic mass is 10.0. The third kappa shape index (κ3) is 3.14. The van der Waals surface area contributed by atoms with Crippen LogP contribution in [0.25, 0.3) is 0 Å². The molecule has 2 rings (SSSR count). The van der Waals surface area contributed by atoms with Crippen LogP contribution in [0.3, 0.4) is 0 Å². The van der Waals surface area contributed by atoms with Crippen molar-refractivity contribution in [2.24, 2.45) is 0 Å². The van der Waals surface area contributed by atoms with Crippen LogP contribution >= 0.6 is 43.5 Å². The Hall–Kier alpha value is -0.960. The second kappa shape index (κ2) is 5.58. The van der Waals surface area contributed by atoms with Gasteiger partial charge in [-0.2, -0.15) is 5.26 Å². The predicted molar refractivity (Wildman–Crippen MR) is 82.1 cm³/mol. The Morgan fingerprint density at radius 1 is 1.32 bits per heavy atom. The molecule has 1 aromatic carbocycles. The van der Waals surface area contributed by atoms with Gasteiger partial charge >= 0.3 is 0 Å². The Morgan fingerprint density at radius 3 is 2.58 bits per heavy atom. The van der Waals surface area contributed by atoms with Crippen molar-refractivity contribution in [3.05, 3.63) is 50.3 Å². The highest BCUT2D eigenvalue weighted by Crippen LogP contribution is 2.31. The van der Waals surface area contributed by atoms with Gasteiger partial charge in [-0.3, -0.25) is 0 Å². The van der Waals surface area contributed by atoms with Gasteiger partial charge in [0.25, 0.3) is 0 Å². The molecule has 0 amide bonds. The minimum atomic E-state index is -0.959. The summed E-state index contributed by atoms with van der Waals surface area (Å²) in [6.07, 6.45) is 0. The van der Waals surface area contributed by atoms with Crippen LogP contribution in [0.5, 0.6) is 0 Å². The number of anilines is 1. The van der Waals surface area contributed by atoms with Gasteiger partial charge in [0.1, 0.15) is 5.76 Å². The number of rotatable bonds is 3. The lowest BCUT2D eigenvalue weighted by Gasteiger charge is -2.22. The lowest BCUT2D eigenvalue weighted by Crippen LogP contribution is -2.29. The molecular weight excluding hydrogens is 395 g/mol. The van der Waals surface area contributed by atoms with Crippen LogP contribution in [0.4, 0.5) is 5.69 Å². The Morgan fingerprint density at radius 2 is 2.05 bits per heavy atom. The third-order valence-electron chi connectivity index (χ3n) is 2.60. The predicted octanol–water partition coefficient (Wildman–Crippen LogP) is 5.31. The molecule has 0 saturated carbocycles. The van der Waals surface area contributed by atoms with Crippen molar-refractivity contribution in [2.75, 3.05) is 5.32 Å². The molecule has 1 N–H and O–H groups in total. The molecule has 2 aromatic rings. The van der Waals surface area contributed by atoms with E-state index in [0.29, 0.717) is 15.5 Å². The van der Waals surface area contributed by atoms with E-state index in [1.807, 2.05) is 6.07 Å². The molecule has 0 spiro atoms. The van der Waals surface area contributed by atoms with E-state index in [-0.39, 0.29) is 0 Å². The normalized spacial score (nSPS) is 13.6. The van der Waals surface area contributed by atoms with Gasteiger partial charge in [0.15, 0.2) is 10.2 Å². The number of nitrogens with zero attached hydrogens (tertiary/aromatic N) is 1. The fraction of sp³-hybridized carbons (Fsp3) is 0.154. The fourth-order valence-electron chi connectivity index (χ4n) is 1.59. The van der Waals surface area contributed by atoms with Crippen LogP contribution in [0.1, 0.15) is 12.7 Å². The minimum absolute atomic E-state index is 0.535. The van der Waals surface area contributed by atoms with E-state index in [9.17, 15) is 5.26 Å². The first kappa shape index (κ1) is 14.4. The monoisotopic (exact) mass is 402 g/mol. The molecule has 1 atom stereocenters. The number of halogens is 3. The molecule has 3 nitrogen and oxygen atoms in total. The molecule has 0 saturated heterocycles. The summed E-state index contributed by atoms with van der Waals surface area (Å²) in [6, 6.07) is 11.1. The summed E-state index contributed by atoms with van der Waals surface area (Å²) in [5, 5.41) is 13.2. The number of nitriles is 1. The number of benzene rings is 1. The van der Waals surface area contributed by atoms with Crippen molar-refractivity contribution in [1.29, 1.82) is 5.26 Å². The zero-order chi connectivity index (χ0) is 14.0. The van der Waals surface area contributed by atoms with E-state index in [0.717, 1.165) is 10.2 Å². The molecule has 1 aromatic heterocycles. The van der Waals surface area contributed by atoms with E-state index in [1.54, 1.807) is 31.2 Å². The Labute approximate surface area is 132 Å². The summed E-state index contributed by atoms with van der Waals surface area (Å²) >= 11 is 12.5. The second-order valence-electron chi connectivity index (χ2n) is 4.09. The zero-order valence-corrected chi connectivity index (χ0v) is 13.8. The quantitative estimate of drug-likeness (QED) is 0.754. The maximum absolute atomic E-state index is 9.41. The van der Waals surface area contributed by atoms with Gasteiger partial charge in [0.05, 0.1) is 11.1 Å². The van der Waals surface area contributed by atoms with Crippen LogP contribution in [-0.4, -0.2) is 0 Å². The Balaban J connectivity index is 2.33. The molecule has 98 valence electrons. The molecule has 6 heteroatoms. The van der Waals surface area contributed by atoms with Gasteiger partial charge in [-0.15, -0.1) is 0 Å². The summed E-state index contributed by atoms with van der Waals surface area (Å²) in [6.45, 7) is 1.75. The van der Waals surface area contributed by atoms with Gasteiger partial charge in [-0.1, -0.05) is 11.6 Å². The molecular formula is C13H9Br2ClN2O. The van der Waals surface area contributed by atoms with Crippen LogP contribution in [0, 0.1) is 11.3 Å². The van der Waals surface area contributed by atoms with Crippen LogP contribution < -0.4 is 5.32 Å². The summed E-state index contributed by atoms with van der Waals surface area (Å²) < 4.78 is 6.81. The van der Waals surface area contributed by atoms with Crippen molar-refractivity contribution in [3.63, 3.8) is 0 Å². The molecule has 0 aliphatic carbocycles. The minimum Gasteiger partial charge on any atom is -0.451 e. The Bertz CT molecular complexity index is 650. The molecule has 0 aliphatic heterocycles. The van der Waals surface area contributed by atoms with Gasteiger partial charge in [0, 0.05) is 10.2 Å². The molecule has 19 heavy (non-hydrogen) atoms. The van der Waals surface area contributed by atoms with Crippen molar-refractivity contribution in [1.82, 2.24) is 0 Å². The maximum Gasteiger partial charge on any atom is 0.181 e. The summed E-state index contributed by atoms with van der Waals surface area (Å²) in [5.41, 5.74) is -0.188. The highest BCUT2D eigenvalue weighted by atomic mass is 79.9. The number of furan rings is 1. The molecule has 0 bridgehead atoms. The highest BCUT2D eigenvalue weighted by molar-refractivity contribution is 9.10. The van der Waals surface area contributed by atoms with Gasteiger partial charge < -0.3 is 9.73 Å². The van der Waals surface area contributed by atoms with E-state index in [2.05, 4.69) is 43.2 Å². The fourth-order valence-corrected chi connectivity index (χ4v) is 2.39. The summed E-state index contributed by atoms with van der Waals surface area (Å²) in [7, 11) is 0. The molecule has 1 unspecified atom stereocenters. The average molecular weight is 404 g/mol. The first-order valence-corrected chi connectivity index (χ1v) is 7.31. The van der Waals surface area contributed by atoms with E-state index in [4.69, 9.17) is 16.0 Å². The number of hydrogen-bond donors (Lipinski definition) is 1. The largest absolute Gasteiger partial charge is 0.451 e. The Kier molecular flexibility index (Phi) is 4.24. The topological polar surface area (TPSA) is 49.0 Å². The van der Waals surface area contributed by atoms with Crippen LogP contribution in [-0.2, 0) is 5.54 Å². The first-order valence-electron chi connectivity index (χ1n) is 5.35. The first-order chi connectivity index (χ1) is 8.94. The smallest absolute Gasteiger partial charge is 0.181 e. The number of nitrogens with one attached hydrogen (secondary N) is 1. The standard InChI is InChI=1S/C13H9Br2ClN2O/c1-13(7-17,11-4-5-12(15)19-11)18-8-2-3-10(16)9(14)6-8/h2-6,18H,1H3. The van der Waals surface area contributed by atoms with Gasteiger partial charge in [-0.25, -0.2) is 0 Å². The van der Waals surface area contributed by atoms with Gasteiger partial charge in [-0.05, 0) is 69.1 Å². The summed E-state index contributed by atoms with van der Waals surface area (Å²) in [5.74, 6) is 0.535. The van der Waals surface area contributed by atoms with E-state index >= 15 is 0 Å². The van der Waals surface area contributed by atoms with Crippen LogP contribution in [0.15, 0.2) is 43.9 Å². The van der Waals surface area contributed by atoms with Crippen LogP contribution in [0.2, 0.25) is 5.02 Å². The summed E-state index contributed by atoms with van der Waals surface area (Å²) in [4.78, 5) is 0. The van der Waals surface area contributed by atoms with Crippen molar-refractivity contribution >= 4 is 49.1 Å². The highest BCUT2D eigenvalue weighted by Gasteiger charge is 2.30. The maximum atomic E-state index is 9.41. The number of hydrogen-bond acceptors (Lipinski definition) is 3. The second-order valence-corrected chi connectivity index (χ2v) is 6.14. The third-order valence-corrected chi connectivity index (χ3v) is 4.24. The van der Waals surface area contributed by atoms with E-state index in [1.165, 1.54) is 0 Å². The average Bonchev–Trinajstić information content (AvgIpc) is 2.81. The van der Waals surface area contributed by atoms with E-state index < -0.39 is 5.54 Å². The molecule has 0 fully saturated rings. The SMILES string of the molecule is CC(C#N)(Nc1ccc(Cl)c(Br)c1)c1ccc(Br)o1. The molecule has 1 heterocycles. The molecule has 0 radical (unpaired) electrons. The van der Waals surface area contributed by atoms with Crippen molar-refractivity contribution in [2.45, 2.75) is 12.5 Å². The van der Waals surface area contributed by atoms with Crippen molar-refractivity contribution in [3.8, 4) is 6.07 Å².